The van der Waals surface area contributed by atoms with E-state index in [1.165, 1.54) is 12.1 Å². The second kappa shape index (κ2) is 6.89. The fourth-order valence-electron chi connectivity index (χ4n) is 1.61. The Morgan fingerprint density at radius 2 is 1.90 bits per heavy atom. The van der Waals surface area contributed by atoms with Crippen molar-refractivity contribution in [3.63, 3.8) is 0 Å². The second-order valence-electron chi connectivity index (χ2n) is 4.15. The van der Waals surface area contributed by atoms with Crippen LogP contribution in [-0.4, -0.2) is 12.5 Å². The van der Waals surface area contributed by atoms with Crippen LogP contribution in [0.3, 0.4) is 0 Å². The number of carbonyl (C=O) groups excluding carboxylic acids is 1. The number of anilines is 2. The molecular weight excluding hydrogens is 335 g/mol. The fraction of sp³-hybridized carbons (Fsp3) is 0.0714. The first-order valence-electron chi connectivity index (χ1n) is 5.88. The Morgan fingerprint density at radius 1 is 1.14 bits per heavy atom. The standard InChI is InChI=1S/C14H11Cl3N2O2/c15-8-2-1-3-10(4-8)21-7-13(20)19-14-11(17)5-9(16)6-12(14)18/h1-6H,7,18H2,(H,19,20). The Kier molecular flexibility index (Phi) is 5.17. The van der Waals surface area contributed by atoms with Crippen LogP contribution in [0.25, 0.3) is 0 Å². The average molecular weight is 346 g/mol. The van der Waals surface area contributed by atoms with Crippen LogP contribution >= 0.6 is 34.8 Å². The molecule has 0 atom stereocenters. The number of benzene rings is 2. The van der Waals surface area contributed by atoms with Gasteiger partial charge in [-0.15, -0.1) is 0 Å². The summed E-state index contributed by atoms with van der Waals surface area (Å²) in [6, 6.07) is 9.74. The number of nitrogen functional groups attached to an aromatic ring is 1. The van der Waals surface area contributed by atoms with Crippen molar-refractivity contribution in [2.45, 2.75) is 0 Å². The Hall–Kier alpha value is -1.62. The highest BCUT2D eigenvalue weighted by molar-refractivity contribution is 6.37. The van der Waals surface area contributed by atoms with Gasteiger partial charge in [-0.1, -0.05) is 40.9 Å². The highest BCUT2D eigenvalue weighted by atomic mass is 35.5. The van der Waals surface area contributed by atoms with E-state index in [1.54, 1.807) is 24.3 Å². The van der Waals surface area contributed by atoms with E-state index in [0.717, 1.165) is 0 Å². The summed E-state index contributed by atoms with van der Waals surface area (Å²) in [5.41, 5.74) is 6.34. The fourth-order valence-corrected chi connectivity index (χ4v) is 2.34. The smallest absolute Gasteiger partial charge is 0.262 e. The molecule has 0 aromatic heterocycles. The Balaban J connectivity index is 1.99. The number of nitrogens with two attached hydrogens (primary N) is 1. The molecule has 0 saturated carbocycles. The molecular formula is C14H11Cl3N2O2. The summed E-state index contributed by atoms with van der Waals surface area (Å²) in [6.07, 6.45) is 0. The number of halogens is 3. The van der Waals surface area contributed by atoms with Crippen molar-refractivity contribution >= 4 is 52.1 Å². The predicted octanol–water partition coefficient (Wildman–Crippen LogP) is 4.25. The first-order valence-corrected chi connectivity index (χ1v) is 7.02. The monoisotopic (exact) mass is 344 g/mol. The molecule has 4 nitrogen and oxygen atoms in total. The van der Waals surface area contributed by atoms with E-state index in [2.05, 4.69) is 5.32 Å². The number of rotatable bonds is 4. The van der Waals surface area contributed by atoms with Crippen LogP contribution in [-0.2, 0) is 4.79 Å². The van der Waals surface area contributed by atoms with Crippen LogP contribution in [0.5, 0.6) is 5.75 Å². The Bertz CT molecular complexity index is 654. The molecule has 0 heterocycles. The second-order valence-corrected chi connectivity index (χ2v) is 5.43. The number of hydrogen-bond donors (Lipinski definition) is 2. The van der Waals surface area contributed by atoms with Gasteiger partial charge in [0.1, 0.15) is 5.75 Å². The van der Waals surface area contributed by atoms with Gasteiger partial charge in [-0.05, 0) is 30.3 Å². The molecule has 2 aromatic carbocycles. The highest BCUT2D eigenvalue weighted by Gasteiger charge is 2.11. The number of amides is 1. The molecule has 2 rings (SSSR count). The molecule has 0 aliphatic carbocycles. The van der Waals surface area contributed by atoms with Crippen molar-refractivity contribution in [1.82, 2.24) is 0 Å². The molecule has 0 spiro atoms. The van der Waals surface area contributed by atoms with Gasteiger partial charge >= 0.3 is 0 Å². The third kappa shape index (κ3) is 4.43. The van der Waals surface area contributed by atoms with Gasteiger partial charge in [0.25, 0.3) is 5.91 Å². The summed E-state index contributed by atoms with van der Waals surface area (Å²) in [4.78, 5) is 11.8. The van der Waals surface area contributed by atoms with Gasteiger partial charge in [-0.3, -0.25) is 4.79 Å². The molecule has 2 aromatic rings. The van der Waals surface area contributed by atoms with Crippen molar-refractivity contribution < 1.29 is 9.53 Å². The van der Waals surface area contributed by atoms with Crippen molar-refractivity contribution in [1.29, 1.82) is 0 Å². The van der Waals surface area contributed by atoms with E-state index >= 15 is 0 Å². The van der Waals surface area contributed by atoms with Gasteiger partial charge < -0.3 is 15.8 Å². The lowest BCUT2D eigenvalue weighted by atomic mass is 10.2. The van der Waals surface area contributed by atoms with Crippen LogP contribution < -0.4 is 15.8 Å². The molecule has 0 radical (unpaired) electrons. The molecule has 3 N–H and O–H groups in total. The maximum atomic E-state index is 11.8. The maximum Gasteiger partial charge on any atom is 0.262 e. The molecule has 0 saturated heterocycles. The molecule has 21 heavy (non-hydrogen) atoms. The van der Waals surface area contributed by atoms with E-state index in [0.29, 0.717) is 21.5 Å². The molecule has 0 aliphatic rings. The van der Waals surface area contributed by atoms with Crippen molar-refractivity contribution in [2.24, 2.45) is 0 Å². The molecule has 7 heteroatoms. The molecule has 0 aliphatic heterocycles. The van der Waals surface area contributed by atoms with Crippen LogP contribution in [0, 0.1) is 0 Å². The van der Waals surface area contributed by atoms with Gasteiger partial charge in [-0.25, -0.2) is 0 Å². The topological polar surface area (TPSA) is 64.3 Å². The summed E-state index contributed by atoms with van der Waals surface area (Å²) in [6.45, 7) is -0.196. The van der Waals surface area contributed by atoms with Crippen molar-refractivity contribution in [3.8, 4) is 5.75 Å². The van der Waals surface area contributed by atoms with Crippen molar-refractivity contribution in [2.75, 3.05) is 17.7 Å². The summed E-state index contributed by atoms with van der Waals surface area (Å²) in [7, 11) is 0. The highest BCUT2D eigenvalue weighted by Crippen LogP contribution is 2.31. The van der Waals surface area contributed by atoms with Gasteiger partial charge in [0.2, 0.25) is 0 Å². The summed E-state index contributed by atoms with van der Waals surface area (Å²) in [5.74, 6) is 0.0960. The van der Waals surface area contributed by atoms with Gasteiger partial charge in [0, 0.05) is 10.0 Å². The number of carbonyl (C=O) groups is 1. The van der Waals surface area contributed by atoms with Gasteiger partial charge in [0.05, 0.1) is 16.4 Å². The van der Waals surface area contributed by atoms with Crippen LogP contribution in [0.1, 0.15) is 0 Å². The van der Waals surface area contributed by atoms with E-state index in [-0.39, 0.29) is 17.3 Å². The quantitative estimate of drug-likeness (QED) is 0.814. The van der Waals surface area contributed by atoms with Crippen LogP contribution in [0.4, 0.5) is 11.4 Å². The van der Waals surface area contributed by atoms with Crippen LogP contribution in [0.2, 0.25) is 15.1 Å². The first-order chi connectivity index (χ1) is 9.95. The normalized spacial score (nSPS) is 10.2. The van der Waals surface area contributed by atoms with E-state index < -0.39 is 5.91 Å². The van der Waals surface area contributed by atoms with Gasteiger partial charge in [0.15, 0.2) is 6.61 Å². The predicted molar refractivity (Wildman–Crippen MR) is 86.5 cm³/mol. The lowest BCUT2D eigenvalue weighted by Gasteiger charge is -2.11. The third-order valence-corrected chi connectivity index (χ3v) is 3.27. The lowest BCUT2D eigenvalue weighted by Crippen LogP contribution is -2.21. The molecule has 1 amide bonds. The first kappa shape index (κ1) is 15.8. The van der Waals surface area contributed by atoms with E-state index in [4.69, 9.17) is 45.3 Å². The Labute approximate surface area is 136 Å². The zero-order valence-electron chi connectivity index (χ0n) is 10.7. The van der Waals surface area contributed by atoms with Gasteiger partial charge in [-0.2, -0.15) is 0 Å². The molecule has 110 valence electrons. The largest absolute Gasteiger partial charge is 0.484 e. The Morgan fingerprint density at radius 3 is 2.57 bits per heavy atom. The maximum absolute atomic E-state index is 11.8. The number of ether oxygens (including phenoxy) is 1. The lowest BCUT2D eigenvalue weighted by molar-refractivity contribution is -0.118. The third-order valence-electron chi connectivity index (χ3n) is 2.52. The summed E-state index contributed by atoms with van der Waals surface area (Å²) >= 11 is 17.6. The van der Waals surface area contributed by atoms with E-state index in [1.807, 2.05) is 0 Å². The zero-order valence-corrected chi connectivity index (χ0v) is 13.0. The average Bonchev–Trinajstić information content (AvgIpc) is 2.40. The minimum Gasteiger partial charge on any atom is -0.484 e. The summed E-state index contributed by atoms with van der Waals surface area (Å²) in [5, 5.41) is 3.76. The number of hydrogen-bond acceptors (Lipinski definition) is 3. The van der Waals surface area contributed by atoms with Crippen LogP contribution in [0.15, 0.2) is 36.4 Å². The van der Waals surface area contributed by atoms with Crippen molar-refractivity contribution in [3.05, 3.63) is 51.5 Å². The molecule has 0 bridgehead atoms. The van der Waals surface area contributed by atoms with E-state index in [9.17, 15) is 4.79 Å². The minimum atomic E-state index is -0.397. The zero-order chi connectivity index (χ0) is 15.4. The minimum absolute atomic E-state index is 0.196. The number of nitrogens with one attached hydrogen (secondary N) is 1. The molecule has 0 unspecified atom stereocenters. The summed E-state index contributed by atoms with van der Waals surface area (Å²) < 4.78 is 5.32. The SMILES string of the molecule is Nc1cc(Cl)cc(Cl)c1NC(=O)COc1cccc(Cl)c1. The molecule has 0 fully saturated rings.